The van der Waals surface area contributed by atoms with E-state index in [-0.39, 0.29) is 11.2 Å². The van der Waals surface area contributed by atoms with Crippen LogP contribution in [0.25, 0.3) is 11.0 Å². The highest BCUT2D eigenvalue weighted by Gasteiger charge is 2.22. The number of aromatic nitrogens is 2. The maximum atomic E-state index is 12.7. The lowest BCUT2D eigenvalue weighted by atomic mass is 10.1. The van der Waals surface area contributed by atoms with Gasteiger partial charge in [-0.3, -0.25) is 4.79 Å². The summed E-state index contributed by atoms with van der Waals surface area (Å²) in [6.45, 7) is 3.32. The first-order chi connectivity index (χ1) is 12.7. The van der Waals surface area contributed by atoms with E-state index < -0.39 is 0 Å². The van der Waals surface area contributed by atoms with E-state index in [2.05, 4.69) is 16.0 Å². The molecule has 1 fully saturated rings. The van der Waals surface area contributed by atoms with Crippen molar-refractivity contribution < 1.29 is 9.53 Å². The molecule has 2 aromatic rings. The fraction of sp³-hybridized carbons (Fsp3) is 0.600. The zero-order valence-corrected chi connectivity index (χ0v) is 16.6. The van der Waals surface area contributed by atoms with E-state index in [1.807, 2.05) is 25.1 Å². The first kappa shape index (κ1) is 19.2. The lowest BCUT2D eigenvalue weighted by molar-refractivity contribution is -0.121. The number of amides is 1. The number of carbonyl (C=O) groups excluding carboxylic acids is 1. The van der Waals surface area contributed by atoms with E-state index in [0.29, 0.717) is 12.6 Å². The predicted molar refractivity (Wildman–Crippen MR) is 107 cm³/mol. The molecule has 1 heterocycles. The van der Waals surface area contributed by atoms with Crippen LogP contribution < -0.4 is 5.32 Å². The predicted octanol–water partition coefficient (Wildman–Crippen LogP) is 4.00. The van der Waals surface area contributed by atoms with Crippen LogP contribution >= 0.6 is 11.8 Å². The highest BCUT2D eigenvalue weighted by atomic mass is 32.2. The summed E-state index contributed by atoms with van der Waals surface area (Å²) in [7, 11) is 1.70. The number of para-hydroxylation sites is 2. The number of rotatable bonds is 7. The zero-order valence-electron chi connectivity index (χ0n) is 15.7. The molecular formula is C20H29N3O2S. The summed E-state index contributed by atoms with van der Waals surface area (Å²) in [5.74, 6) is 0.118. The van der Waals surface area contributed by atoms with Gasteiger partial charge in [-0.1, -0.05) is 49.6 Å². The van der Waals surface area contributed by atoms with Crippen molar-refractivity contribution in [3.8, 4) is 0 Å². The highest BCUT2D eigenvalue weighted by molar-refractivity contribution is 8.00. The van der Waals surface area contributed by atoms with Crippen LogP contribution in [0.15, 0.2) is 29.4 Å². The quantitative estimate of drug-likeness (QED) is 0.587. The molecule has 1 aliphatic carbocycles. The van der Waals surface area contributed by atoms with Crippen LogP contribution in [0.4, 0.5) is 0 Å². The molecule has 3 rings (SSSR count). The third-order valence-electron chi connectivity index (χ3n) is 4.99. The van der Waals surface area contributed by atoms with Crippen molar-refractivity contribution in [2.75, 3.05) is 13.7 Å². The molecule has 1 N–H and O–H groups in total. The number of carbonyl (C=O) groups is 1. The second-order valence-electron chi connectivity index (χ2n) is 6.98. The third-order valence-corrected chi connectivity index (χ3v) is 6.08. The molecule has 1 atom stereocenters. The van der Waals surface area contributed by atoms with E-state index in [1.165, 1.54) is 37.4 Å². The van der Waals surface area contributed by atoms with Crippen molar-refractivity contribution in [2.45, 2.75) is 68.4 Å². The Morgan fingerprint density at radius 2 is 2.04 bits per heavy atom. The smallest absolute Gasteiger partial charge is 0.233 e. The van der Waals surface area contributed by atoms with Crippen LogP contribution in [-0.4, -0.2) is 40.5 Å². The summed E-state index contributed by atoms with van der Waals surface area (Å²) < 4.78 is 7.40. The van der Waals surface area contributed by atoms with E-state index in [1.54, 1.807) is 7.11 Å². The normalized spacial score (nSPS) is 17.2. The second kappa shape index (κ2) is 9.42. The van der Waals surface area contributed by atoms with Crippen molar-refractivity contribution in [1.29, 1.82) is 0 Å². The van der Waals surface area contributed by atoms with E-state index >= 15 is 0 Å². The van der Waals surface area contributed by atoms with Crippen molar-refractivity contribution in [1.82, 2.24) is 14.9 Å². The molecular weight excluding hydrogens is 346 g/mol. The SMILES string of the molecule is COCCn1c(S[C@H](C)C(=O)NC2CCCCCC2)nc2ccccc21. The standard InChI is InChI=1S/C20H29N3O2S/c1-15(19(24)21-16-9-5-3-4-6-10-16)26-20-22-17-11-7-8-12-18(17)23(20)13-14-25-2/h7-8,11-12,15-16H,3-6,9-10,13-14H2,1-2H3,(H,21,24)/t15-/m1/s1. The summed E-state index contributed by atoms with van der Waals surface area (Å²) in [6, 6.07) is 8.42. The van der Waals surface area contributed by atoms with Gasteiger partial charge in [-0.15, -0.1) is 0 Å². The van der Waals surface area contributed by atoms with Gasteiger partial charge in [0.15, 0.2) is 5.16 Å². The summed E-state index contributed by atoms with van der Waals surface area (Å²) in [5.41, 5.74) is 2.05. The molecule has 0 bridgehead atoms. The highest BCUT2D eigenvalue weighted by Crippen LogP contribution is 2.28. The molecule has 0 radical (unpaired) electrons. The summed E-state index contributed by atoms with van der Waals surface area (Å²) >= 11 is 1.53. The lowest BCUT2D eigenvalue weighted by Gasteiger charge is -2.19. The number of ether oxygens (including phenoxy) is 1. The Kier molecular flexibility index (Phi) is 6.97. The van der Waals surface area contributed by atoms with Crippen molar-refractivity contribution in [3.05, 3.63) is 24.3 Å². The largest absolute Gasteiger partial charge is 0.383 e. The Bertz CT molecular complexity index is 723. The van der Waals surface area contributed by atoms with E-state index in [9.17, 15) is 4.79 Å². The molecule has 6 heteroatoms. The van der Waals surface area contributed by atoms with Gasteiger partial charge < -0.3 is 14.6 Å². The van der Waals surface area contributed by atoms with E-state index in [0.717, 1.165) is 35.6 Å². The van der Waals surface area contributed by atoms with Gasteiger partial charge in [-0.2, -0.15) is 0 Å². The maximum absolute atomic E-state index is 12.7. The Labute approximate surface area is 159 Å². The molecule has 142 valence electrons. The number of thioether (sulfide) groups is 1. The molecule has 1 saturated carbocycles. The Balaban J connectivity index is 1.69. The molecule has 0 aliphatic heterocycles. The van der Waals surface area contributed by atoms with Crippen LogP contribution in [0.3, 0.4) is 0 Å². The molecule has 1 aliphatic rings. The molecule has 1 amide bonds. The molecule has 1 aromatic heterocycles. The fourth-order valence-electron chi connectivity index (χ4n) is 3.50. The van der Waals surface area contributed by atoms with Gasteiger partial charge >= 0.3 is 0 Å². The number of imidazole rings is 1. The first-order valence-corrected chi connectivity index (χ1v) is 10.5. The lowest BCUT2D eigenvalue weighted by Crippen LogP contribution is -2.39. The minimum absolute atomic E-state index is 0.118. The first-order valence-electron chi connectivity index (χ1n) is 9.60. The average Bonchev–Trinajstić information content (AvgIpc) is 2.80. The van der Waals surface area contributed by atoms with Gasteiger partial charge in [-0.25, -0.2) is 4.98 Å². The van der Waals surface area contributed by atoms with Gasteiger partial charge in [0.05, 0.1) is 22.9 Å². The fourth-order valence-corrected chi connectivity index (χ4v) is 4.46. The van der Waals surface area contributed by atoms with Crippen LogP contribution in [0.5, 0.6) is 0 Å². The topological polar surface area (TPSA) is 56.1 Å². The Morgan fingerprint density at radius 1 is 1.31 bits per heavy atom. The molecule has 1 aromatic carbocycles. The molecule has 5 nitrogen and oxygen atoms in total. The molecule has 0 saturated heterocycles. The van der Waals surface area contributed by atoms with Crippen LogP contribution in [0.2, 0.25) is 0 Å². The Morgan fingerprint density at radius 3 is 2.77 bits per heavy atom. The van der Waals surface area contributed by atoms with Crippen LogP contribution in [0, 0.1) is 0 Å². The zero-order chi connectivity index (χ0) is 18.4. The Hall–Kier alpha value is -1.53. The number of methoxy groups -OCH3 is 1. The van der Waals surface area contributed by atoms with Crippen molar-refractivity contribution in [3.63, 3.8) is 0 Å². The van der Waals surface area contributed by atoms with Gasteiger partial charge in [0.25, 0.3) is 0 Å². The van der Waals surface area contributed by atoms with Gasteiger partial charge in [0.1, 0.15) is 0 Å². The molecule has 0 unspecified atom stereocenters. The van der Waals surface area contributed by atoms with Gasteiger partial charge in [-0.05, 0) is 31.9 Å². The van der Waals surface area contributed by atoms with Crippen molar-refractivity contribution >= 4 is 28.7 Å². The second-order valence-corrected chi connectivity index (χ2v) is 8.29. The number of nitrogens with one attached hydrogen (secondary N) is 1. The summed E-state index contributed by atoms with van der Waals surface area (Å²) in [4.78, 5) is 17.4. The molecule has 26 heavy (non-hydrogen) atoms. The third kappa shape index (κ3) is 4.80. The summed E-state index contributed by atoms with van der Waals surface area (Å²) in [6.07, 6.45) is 7.24. The minimum atomic E-state index is -0.170. The number of nitrogens with zero attached hydrogens (tertiary/aromatic N) is 2. The van der Waals surface area contributed by atoms with Gasteiger partial charge in [0, 0.05) is 19.7 Å². The monoisotopic (exact) mass is 375 g/mol. The average molecular weight is 376 g/mol. The van der Waals surface area contributed by atoms with Gasteiger partial charge in [0.2, 0.25) is 5.91 Å². The van der Waals surface area contributed by atoms with Crippen LogP contribution in [-0.2, 0) is 16.1 Å². The number of hydrogen-bond donors (Lipinski definition) is 1. The van der Waals surface area contributed by atoms with E-state index in [4.69, 9.17) is 9.72 Å². The maximum Gasteiger partial charge on any atom is 0.233 e. The molecule has 0 spiro atoms. The van der Waals surface area contributed by atoms with Crippen LogP contribution in [0.1, 0.15) is 45.4 Å². The summed E-state index contributed by atoms with van der Waals surface area (Å²) in [5, 5.41) is 3.97. The number of hydrogen-bond acceptors (Lipinski definition) is 4. The minimum Gasteiger partial charge on any atom is -0.383 e. The number of fused-ring (bicyclic) bond motifs is 1. The van der Waals surface area contributed by atoms with Crippen molar-refractivity contribution in [2.24, 2.45) is 0 Å². The number of benzene rings is 1.